The Kier molecular flexibility index (Phi) is 5.50. The molecule has 1 N–H and O–H groups in total. The number of aromatic nitrogens is 2. The van der Waals surface area contributed by atoms with Gasteiger partial charge >= 0.3 is 0 Å². The Morgan fingerprint density at radius 2 is 2.03 bits per heavy atom. The molecule has 0 radical (unpaired) electrons. The molecule has 8 heteroatoms. The van der Waals surface area contributed by atoms with Gasteiger partial charge in [0.15, 0.2) is 0 Å². The lowest BCUT2D eigenvalue weighted by molar-refractivity contribution is -0.113. The van der Waals surface area contributed by atoms with Gasteiger partial charge < -0.3 is 14.8 Å². The molecule has 2 aromatic heterocycles. The second kappa shape index (κ2) is 8.43. The third kappa shape index (κ3) is 4.22. The highest BCUT2D eigenvalue weighted by Gasteiger charge is 2.35. The molecular formula is C23H22N4O2S2. The number of nitrogens with one attached hydrogen (secondary N) is 1. The molecule has 31 heavy (non-hydrogen) atoms. The first-order valence-electron chi connectivity index (χ1n) is 10.3. The maximum absolute atomic E-state index is 12.5. The van der Waals surface area contributed by atoms with Gasteiger partial charge in [-0.05, 0) is 30.5 Å². The molecule has 0 aliphatic carbocycles. The molecular weight excluding hydrogens is 428 g/mol. The van der Waals surface area contributed by atoms with Gasteiger partial charge in [-0.2, -0.15) is 0 Å². The molecule has 0 saturated carbocycles. The van der Waals surface area contributed by atoms with Crippen LogP contribution >= 0.6 is 24.0 Å². The Morgan fingerprint density at radius 1 is 1.16 bits per heavy atom. The zero-order valence-corrected chi connectivity index (χ0v) is 18.5. The smallest absolute Gasteiger partial charge is 0.250 e. The molecule has 1 saturated heterocycles. The van der Waals surface area contributed by atoms with Crippen molar-refractivity contribution < 1.29 is 4.79 Å². The minimum atomic E-state index is -0.0986. The predicted octanol–water partition coefficient (Wildman–Crippen LogP) is 3.47. The van der Waals surface area contributed by atoms with Crippen LogP contribution in [0, 0.1) is 5.92 Å². The maximum Gasteiger partial charge on any atom is 0.250 e. The van der Waals surface area contributed by atoms with E-state index in [-0.39, 0.29) is 17.2 Å². The molecule has 2 aliphatic rings. The fourth-order valence-electron chi connectivity index (χ4n) is 4.60. The Bertz CT molecular complexity index is 1230. The van der Waals surface area contributed by atoms with Crippen molar-refractivity contribution in [3.05, 3.63) is 70.8 Å². The molecule has 0 unspecified atom stereocenters. The Morgan fingerprint density at radius 3 is 2.94 bits per heavy atom. The number of piperidine rings is 1. The topological polar surface area (TPSA) is 67.2 Å². The lowest BCUT2D eigenvalue weighted by Gasteiger charge is -2.43. The molecule has 1 fully saturated rings. The van der Waals surface area contributed by atoms with E-state index in [0.717, 1.165) is 47.0 Å². The van der Waals surface area contributed by atoms with Gasteiger partial charge in [-0.3, -0.25) is 14.6 Å². The first kappa shape index (κ1) is 20.2. The van der Waals surface area contributed by atoms with E-state index in [1.54, 1.807) is 12.3 Å². The number of rotatable bonds is 3. The quantitative estimate of drug-likeness (QED) is 0.617. The maximum atomic E-state index is 12.5. The summed E-state index contributed by atoms with van der Waals surface area (Å²) in [5.74, 6) is 0.867. The summed E-state index contributed by atoms with van der Waals surface area (Å²) < 4.78 is 2.66. The number of fused-ring (bicyclic) bond motifs is 5. The van der Waals surface area contributed by atoms with Gasteiger partial charge in [0.05, 0.1) is 23.2 Å². The lowest BCUT2D eigenvalue weighted by atomic mass is 9.83. The van der Waals surface area contributed by atoms with E-state index < -0.39 is 0 Å². The SMILES string of the molecule is O=C(CSC(=S)N1C[C@H]2C[C@@H](C1)c1cccc(=O)n1C2)Nc1cnc2ccccc2c1. The van der Waals surface area contributed by atoms with Gasteiger partial charge in [0.2, 0.25) is 5.91 Å². The minimum Gasteiger partial charge on any atom is -0.356 e. The van der Waals surface area contributed by atoms with E-state index in [0.29, 0.717) is 17.5 Å². The summed E-state index contributed by atoms with van der Waals surface area (Å²) in [5, 5.41) is 3.90. The van der Waals surface area contributed by atoms with Crippen molar-refractivity contribution in [3.8, 4) is 0 Å². The number of hydrogen-bond acceptors (Lipinski definition) is 5. The zero-order valence-electron chi connectivity index (χ0n) is 16.9. The lowest BCUT2D eigenvalue weighted by Crippen LogP contribution is -2.48. The van der Waals surface area contributed by atoms with E-state index in [4.69, 9.17) is 12.2 Å². The standard InChI is InChI=1S/C23H22N4O2S2/c28-21(25-18-9-16-4-1-2-5-19(16)24-10-18)14-31-23(30)26-11-15-8-17(13-26)20-6-3-7-22(29)27(20)12-15/h1-7,9-10,15,17H,8,11-14H2,(H,25,28)/t15-,17+/m1/s1. The number of thiocarbonyl (C=S) groups is 1. The monoisotopic (exact) mass is 450 g/mol. The fraction of sp³-hybridized carbons (Fsp3) is 0.304. The number of para-hydroxylation sites is 1. The molecule has 158 valence electrons. The highest BCUT2D eigenvalue weighted by Crippen LogP contribution is 2.36. The van der Waals surface area contributed by atoms with Crippen LogP contribution < -0.4 is 10.9 Å². The van der Waals surface area contributed by atoms with Gasteiger partial charge in [0.1, 0.15) is 4.32 Å². The van der Waals surface area contributed by atoms with Crippen LogP contribution in [-0.4, -0.2) is 43.5 Å². The molecule has 1 aromatic carbocycles. The van der Waals surface area contributed by atoms with E-state index in [1.807, 2.05) is 47.0 Å². The van der Waals surface area contributed by atoms with Gasteiger partial charge in [-0.1, -0.05) is 48.2 Å². The van der Waals surface area contributed by atoms with Crippen LogP contribution in [0.1, 0.15) is 18.0 Å². The zero-order chi connectivity index (χ0) is 21.4. The van der Waals surface area contributed by atoms with Crippen LogP contribution in [0.25, 0.3) is 10.9 Å². The first-order chi connectivity index (χ1) is 15.1. The molecule has 2 bridgehead atoms. The molecule has 0 spiro atoms. The average molecular weight is 451 g/mol. The van der Waals surface area contributed by atoms with Crippen molar-refractivity contribution in [2.45, 2.75) is 18.9 Å². The fourth-order valence-corrected chi connectivity index (χ4v) is 5.58. The van der Waals surface area contributed by atoms with Crippen molar-refractivity contribution in [3.63, 3.8) is 0 Å². The molecule has 1 amide bonds. The second-order valence-corrected chi connectivity index (χ2v) is 9.73. The van der Waals surface area contributed by atoms with E-state index in [2.05, 4.69) is 15.2 Å². The van der Waals surface area contributed by atoms with Crippen molar-refractivity contribution in [2.24, 2.45) is 5.92 Å². The van der Waals surface area contributed by atoms with Crippen molar-refractivity contribution in [1.29, 1.82) is 0 Å². The number of carbonyl (C=O) groups excluding carboxylic acids is 1. The highest BCUT2D eigenvalue weighted by molar-refractivity contribution is 8.23. The Balaban J connectivity index is 1.19. The van der Waals surface area contributed by atoms with Crippen molar-refractivity contribution in [1.82, 2.24) is 14.5 Å². The molecule has 6 nitrogen and oxygen atoms in total. The average Bonchev–Trinajstić information content (AvgIpc) is 2.78. The largest absolute Gasteiger partial charge is 0.356 e. The number of hydrogen-bond donors (Lipinski definition) is 1. The first-order valence-corrected chi connectivity index (χ1v) is 11.7. The van der Waals surface area contributed by atoms with Crippen LogP contribution in [-0.2, 0) is 11.3 Å². The molecule has 3 aromatic rings. The number of thioether (sulfide) groups is 1. The number of pyridine rings is 2. The normalized spacial score (nSPS) is 19.7. The minimum absolute atomic E-state index is 0.0810. The van der Waals surface area contributed by atoms with Gasteiger partial charge in [0, 0.05) is 42.7 Å². The number of benzene rings is 1. The van der Waals surface area contributed by atoms with Crippen molar-refractivity contribution >= 4 is 50.8 Å². The number of nitrogens with zero attached hydrogens (tertiary/aromatic N) is 3. The number of likely N-dealkylation sites (tertiary alicyclic amines) is 1. The number of carbonyl (C=O) groups is 1. The molecule has 2 atom stereocenters. The predicted molar refractivity (Wildman–Crippen MR) is 129 cm³/mol. The van der Waals surface area contributed by atoms with Crippen LogP contribution in [0.5, 0.6) is 0 Å². The highest BCUT2D eigenvalue weighted by atomic mass is 32.2. The summed E-state index contributed by atoms with van der Waals surface area (Å²) in [5.41, 5.74) is 2.76. The summed E-state index contributed by atoms with van der Waals surface area (Å²) >= 11 is 7.04. The summed E-state index contributed by atoms with van der Waals surface area (Å²) in [6.45, 7) is 2.37. The molecule has 2 aliphatic heterocycles. The summed E-state index contributed by atoms with van der Waals surface area (Å²) in [7, 11) is 0. The van der Waals surface area contributed by atoms with Crippen LogP contribution in [0.3, 0.4) is 0 Å². The Labute approximate surface area is 189 Å². The summed E-state index contributed by atoms with van der Waals surface area (Å²) in [4.78, 5) is 31.2. The molecule has 5 rings (SSSR count). The van der Waals surface area contributed by atoms with Gasteiger partial charge in [0.25, 0.3) is 5.56 Å². The Hall–Kier alpha value is -2.71. The second-order valence-electron chi connectivity index (χ2n) is 8.12. The molecule has 4 heterocycles. The van der Waals surface area contributed by atoms with Crippen LogP contribution in [0.2, 0.25) is 0 Å². The van der Waals surface area contributed by atoms with Crippen LogP contribution in [0.15, 0.2) is 59.5 Å². The van der Waals surface area contributed by atoms with E-state index in [1.165, 1.54) is 11.8 Å². The van der Waals surface area contributed by atoms with E-state index >= 15 is 0 Å². The number of amides is 1. The summed E-state index contributed by atoms with van der Waals surface area (Å²) in [6, 6.07) is 15.3. The van der Waals surface area contributed by atoms with Crippen LogP contribution in [0.4, 0.5) is 5.69 Å². The number of anilines is 1. The van der Waals surface area contributed by atoms with Gasteiger partial charge in [-0.25, -0.2) is 0 Å². The third-order valence-electron chi connectivity index (χ3n) is 5.94. The third-order valence-corrected chi connectivity index (χ3v) is 7.46. The van der Waals surface area contributed by atoms with Gasteiger partial charge in [-0.15, -0.1) is 0 Å². The van der Waals surface area contributed by atoms with Crippen molar-refractivity contribution in [2.75, 3.05) is 24.2 Å². The summed E-state index contributed by atoms with van der Waals surface area (Å²) in [6.07, 6.45) is 2.76. The van der Waals surface area contributed by atoms with E-state index in [9.17, 15) is 9.59 Å².